The number of rotatable bonds is 4. The van der Waals surface area contributed by atoms with Gasteiger partial charge in [0.2, 0.25) is 0 Å². The van der Waals surface area contributed by atoms with E-state index in [4.69, 9.17) is 11.6 Å². The maximum atomic E-state index is 12.1. The average molecular weight is 285 g/mol. The number of carbonyl (C=O) groups is 1. The fraction of sp³-hybridized carbons (Fsp3) is 0.538. The number of carbonyl (C=O) groups excluding carboxylic acids is 1. The lowest BCUT2D eigenvalue weighted by molar-refractivity contribution is 0.0938. The largest absolute Gasteiger partial charge is 0.348 e. The maximum absolute atomic E-state index is 12.1. The lowest BCUT2D eigenvalue weighted by atomic mass is 10.2. The van der Waals surface area contributed by atoms with Crippen LogP contribution in [-0.4, -0.2) is 27.9 Å². The van der Waals surface area contributed by atoms with Crippen LogP contribution in [0.25, 0.3) is 0 Å². The minimum atomic E-state index is -0.0482. The Kier molecular flexibility index (Phi) is 4.89. The molecule has 0 saturated heterocycles. The topological polar surface area (TPSA) is 42.0 Å². The highest BCUT2D eigenvalue weighted by Crippen LogP contribution is 2.30. The molecule has 2 atom stereocenters. The number of nitrogens with zero attached hydrogens (tertiary/aromatic N) is 1. The summed E-state index contributed by atoms with van der Waals surface area (Å²) in [5, 5.41) is 4.02. The fourth-order valence-electron chi connectivity index (χ4n) is 2.30. The monoisotopic (exact) mass is 284 g/mol. The molecule has 1 aromatic heterocycles. The van der Waals surface area contributed by atoms with Crippen LogP contribution in [0.1, 0.15) is 36.5 Å². The molecule has 1 aromatic rings. The van der Waals surface area contributed by atoms with Gasteiger partial charge in [0.25, 0.3) is 5.91 Å². The smallest absolute Gasteiger partial charge is 0.251 e. The zero-order valence-corrected chi connectivity index (χ0v) is 11.9. The zero-order chi connectivity index (χ0) is 13.0. The van der Waals surface area contributed by atoms with Gasteiger partial charge in [-0.3, -0.25) is 4.79 Å². The first kappa shape index (κ1) is 13.7. The number of hydrogen-bond donors (Lipinski definition) is 1. The van der Waals surface area contributed by atoms with Crippen molar-refractivity contribution in [1.29, 1.82) is 0 Å². The van der Waals surface area contributed by atoms with E-state index in [1.54, 1.807) is 18.3 Å². The van der Waals surface area contributed by atoms with Crippen molar-refractivity contribution >= 4 is 29.3 Å². The van der Waals surface area contributed by atoms with Crippen molar-refractivity contribution in [3.8, 4) is 0 Å². The van der Waals surface area contributed by atoms with E-state index in [0.29, 0.717) is 16.0 Å². The molecule has 98 valence electrons. The van der Waals surface area contributed by atoms with E-state index in [-0.39, 0.29) is 11.9 Å². The van der Waals surface area contributed by atoms with Gasteiger partial charge in [0.15, 0.2) is 0 Å². The van der Waals surface area contributed by atoms with Crippen molar-refractivity contribution in [2.24, 2.45) is 0 Å². The molecule has 0 bridgehead atoms. The van der Waals surface area contributed by atoms with Gasteiger partial charge in [-0.25, -0.2) is 4.98 Å². The predicted octanol–water partition coefficient (Wildman–Crippen LogP) is 3.14. The number of halogens is 1. The van der Waals surface area contributed by atoms with Gasteiger partial charge in [-0.15, -0.1) is 0 Å². The molecule has 1 amide bonds. The second-order valence-corrected chi connectivity index (χ2v) is 6.28. The van der Waals surface area contributed by atoms with Crippen molar-refractivity contribution in [2.75, 3.05) is 5.75 Å². The summed E-state index contributed by atoms with van der Waals surface area (Å²) < 4.78 is 0. The summed E-state index contributed by atoms with van der Waals surface area (Å²) >= 11 is 7.72. The first-order valence-electron chi connectivity index (χ1n) is 6.24. The van der Waals surface area contributed by atoms with Gasteiger partial charge in [-0.2, -0.15) is 11.8 Å². The Morgan fingerprint density at radius 1 is 1.61 bits per heavy atom. The van der Waals surface area contributed by atoms with Gasteiger partial charge in [-0.05, 0) is 30.7 Å². The molecule has 0 aromatic carbocycles. The van der Waals surface area contributed by atoms with Crippen molar-refractivity contribution in [3.05, 3.63) is 29.0 Å². The van der Waals surface area contributed by atoms with Gasteiger partial charge >= 0.3 is 0 Å². The molecule has 2 unspecified atom stereocenters. The quantitative estimate of drug-likeness (QED) is 0.864. The Labute approximate surface area is 117 Å². The molecule has 5 heteroatoms. The number of thioether (sulfide) groups is 1. The lowest BCUT2D eigenvalue weighted by Gasteiger charge is -2.20. The van der Waals surface area contributed by atoms with Crippen LogP contribution in [0.2, 0.25) is 5.15 Å². The third-order valence-corrected chi connectivity index (χ3v) is 4.67. The molecule has 3 nitrogen and oxygen atoms in total. The van der Waals surface area contributed by atoms with E-state index in [9.17, 15) is 4.79 Å². The van der Waals surface area contributed by atoms with Crippen LogP contribution in [0, 0.1) is 0 Å². The zero-order valence-electron chi connectivity index (χ0n) is 10.4. The van der Waals surface area contributed by atoms with Crippen LogP contribution < -0.4 is 5.32 Å². The molecular formula is C13H17ClN2OS. The van der Waals surface area contributed by atoms with E-state index in [1.807, 2.05) is 11.8 Å². The SMILES string of the molecule is CCSC1CCCC1NC(=O)c1ccnc(Cl)c1. The van der Waals surface area contributed by atoms with Gasteiger partial charge in [-0.1, -0.05) is 24.9 Å². The van der Waals surface area contributed by atoms with E-state index in [0.717, 1.165) is 12.2 Å². The highest BCUT2D eigenvalue weighted by atomic mass is 35.5. The minimum Gasteiger partial charge on any atom is -0.348 e. The lowest BCUT2D eigenvalue weighted by Crippen LogP contribution is -2.38. The van der Waals surface area contributed by atoms with E-state index in [1.165, 1.54) is 12.8 Å². The summed E-state index contributed by atoms with van der Waals surface area (Å²) in [6.45, 7) is 2.16. The summed E-state index contributed by atoms with van der Waals surface area (Å²) in [5.74, 6) is 1.05. The van der Waals surface area contributed by atoms with Gasteiger partial charge in [0, 0.05) is 23.1 Å². The first-order chi connectivity index (χ1) is 8.70. The van der Waals surface area contributed by atoms with Crippen molar-refractivity contribution < 1.29 is 4.79 Å². The van der Waals surface area contributed by atoms with Crippen LogP contribution in [0.5, 0.6) is 0 Å². The molecule has 0 aliphatic heterocycles. The molecule has 2 rings (SSSR count). The number of aromatic nitrogens is 1. The van der Waals surface area contributed by atoms with E-state index < -0.39 is 0 Å². The third kappa shape index (κ3) is 3.39. The van der Waals surface area contributed by atoms with Gasteiger partial charge in [0.1, 0.15) is 5.15 Å². The Morgan fingerprint density at radius 2 is 2.44 bits per heavy atom. The average Bonchev–Trinajstić information content (AvgIpc) is 2.77. The molecule has 1 aliphatic rings. The van der Waals surface area contributed by atoms with Crippen LogP contribution in [0.4, 0.5) is 0 Å². The summed E-state index contributed by atoms with van der Waals surface area (Å²) in [7, 11) is 0. The normalized spacial score (nSPS) is 23.0. The van der Waals surface area contributed by atoms with Crippen LogP contribution in [-0.2, 0) is 0 Å². The van der Waals surface area contributed by atoms with E-state index >= 15 is 0 Å². The molecule has 18 heavy (non-hydrogen) atoms. The molecule has 1 N–H and O–H groups in total. The predicted molar refractivity (Wildman–Crippen MR) is 76.3 cm³/mol. The summed E-state index contributed by atoms with van der Waals surface area (Å²) in [4.78, 5) is 16.0. The second-order valence-electron chi connectivity index (χ2n) is 4.37. The van der Waals surface area contributed by atoms with Crippen LogP contribution >= 0.6 is 23.4 Å². The maximum Gasteiger partial charge on any atom is 0.251 e. The summed E-state index contributed by atoms with van der Waals surface area (Å²) in [6.07, 6.45) is 5.02. The number of pyridine rings is 1. The van der Waals surface area contributed by atoms with Crippen molar-refractivity contribution in [1.82, 2.24) is 10.3 Å². The fourth-order valence-corrected chi connectivity index (χ4v) is 3.67. The Bertz CT molecular complexity index is 427. The number of amides is 1. The number of hydrogen-bond acceptors (Lipinski definition) is 3. The Balaban J connectivity index is 1.98. The van der Waals surface area contributed by atoms with Crippen molar-refractivity contribution in [3.63, 3.8) is 0 Å². The summed E-state index contributed by atoms with van der Waals surface area (Å²) in [6, 6.07) is 3.58. The molecule has 0 spiro atoms. The highest BCUT2D eigenvalue weighted by Gasteiger charge is 2.28. The Hall–Kier alpha value is -0.740. The first-order valence-corrected chi connectivity index (χ1v) is 7.67. The second kappa shape index (κ2) is 6.43. The molecule has 1 heterocycles. The molecule has 1 aliphatic carbocycles. The molecule has 1 saturated carbocycles. The third-order valence-electron chi connectivity index (χ3n) is 3.14. The van der Waals surface area contributed by atoms with Crippen LogP contribution in [0.3, 0.4) is 0 Å². The number of nitrogens with one attached hydrogen (secondary N) is 1. The Morgan fingerprint density at radius 3 is 3.17 bits per heavy atom. The van der Waals surface area contributed by atoms with E-state index in [2.05, 4.69) is 17.2 Å². The van der Waals surface area contributed by atoms with Crippen LogP contribution in [0.15, 0.2) is 18.3 Å². The summed E-state index contributed by atoms with van der Waals surface area (Å²) in [5.41, 5.74) is 0.585. The molecular weight excluding hydrogens is 268 g/mol. The standard InChI is InChI=1S/C13H17ClN2OS/c1-2-18-11-5-3-4-10(11)16-13(17)9-6-7-15-12(14)8-9/h6-8,10-11H,2-5H2,1H3,(H,16,17). The minimum absolute atomic E-state index is 0.0482. The van der Waals surface area contributed by atoms with Crippen molar-refractivity contribution in [2.45, 2.75) is 37.5 Å². The highest BCUT2D eigenvalue weighted by molar-refractivity contribution is 7.99. The molecule has 0 radical (unpaired) electrons. The van der Waals surface area contributed by atoms with Gasteiger partial charge in [0.05, 0.1) is 0 Å². The molecule has 1 fully saturated rings. The van der Waals surface area contributed by atoms with Gasteiger partial charge < -0.3 is 5.32 Å².